The van der Waals surface area contributed by atoms with Crippen LogP contribution in [-0.4, -0.2) is 35.5 Å². The molecule has 2 heterocycles. The van der Waals surface area contributed by atoms with Gasteiger partial charge in [-0.05, 0) is 29.8 Å². The van der Waals surface area contributed by atoms with Crippen LogP contribution < -0.4 is 15.8 Å². The zero-order valence-corrected chi connectivity index (χ0v) is 11.7. The van der Waals surface area contributed by atoms with Crippen molar-refractivity contribution >= 4 is 21.6 Å². The Labute approximate surface area is 109 Å². The van der Waals surface area contributed by atoms with Crippen molar-refractivity contribution in [2.45, 2.75) is 26.4 Å². The minimum absolute atomic E-state index is 0.0591. The highest BCUT2D eigenvalue weighted by molar-refractivity contribution is 9.10. The van der Waals surface area contributed by atoms with Gasteiger partial charge in [-0.2, -0.15) is 5.10 Å². The van der Waals surface area contributed by atoms with Crippen molar-refractivity contribution in [3.8, 4) is 0 Å². The Bertz CT molecular complexity index is 459. The highest BCUT2D eigenvalue weighted by Crippen LogP contribution is 2.22. The summed E-state index contributed by atoms with van der Waals surface area (Å²) in [7, 11) is 0. The average Bonchev–Trinajstić information content (AvgIpc) is 2.32. The van der Waals surface area contributed by atoms with Gasteiger partial charge in [0.25, 0.3) is 5.56 Å². The van der Waals surface area contributed by atoms with E-state index in [2.05, 4.69) is 38.2 Å². The third-order valence-electron chi connectivity index (χ3n) is 2.98. The molecule has 1 aliphatic rings. The maximum atomic E-state index is 12.0. The Hall–Kier alpha value is -0.880. The van der Waals surface area contributed by atoms with Gasteiger partial charge in [-0.3, -0.25) is 4.79 Å². The molecule has 1 saturated heterocycles. The standard InChI is InChI=1S/C11H17BrN4O/c1-3-16-11(17)10(12)9(6-14-16)15-5-4-13-8(2)7-15/h6,8,13H,3-5,7H2,1-2H3. The van der Waals surface area contributed by atoms with Crippen molar-refractivity contribution in [3.05, 3.63) is 21.0 Å². The highest BCUT2D eigenvalue weighted by Gasteiger charge is 2.20. The zero-order valence-electron chi connectivity index (χ0n) is 10.1. The molecule has 0 radical (unpaired) electrons. The number of anilines is 1. The summed E-state index contributed by atoms with van der Waals surface area (Å²) < 4.78 is 2.07. The lowest BCUT2D eigenvalue weighted by Crippen LogP contribution is -2.49. The summed E-state index contributed by atoms with van der Waals surface area (Å²) in [5.41, 5.74) is 0.837. The summed E-state index contributed by atoms with van der Waals surface area (Å²) in [5, 5.41) is 7.55. The fourth-order valence-electron chi connectivity index (χ4n) is 2.05. The second-order valence-electron chi connectivity index (χ2n) is 4.27. The van der Waals surface area contributed by atoms with Crippen LogP contribution in [0.15, 0.2) is 15.5 Å². The van der Waals surface area contributed by atoms with Gasteiger partial charge in [-0.25, -0.2) is 4.68 Å². The Morgan fingerprint density at radius 1 is 1.65 bits per heavy atom. The van der Waals surface area contributed by atoms with Gasteiger partial charge in [0.15, 0.2) is 0 Å². The fourth-order valence-corrected chi connectivity index (χ4v) is 2.61. The Morgan fingerprint density at radius 2 is 2.41 bits per heavy atom. The van der Waals surface area contributed by atoms with Gasteiger partial charge in [0, 0.05) is 32.2 Å². The van der Waals surface area contributed by atoms with E-state index in [0.29, 0.717) is 17.1 Å². The number of hydrogen-bond acceptors (Lipinski definition) is 4. The number of nitrogens with zero attached hydrogens (tertiary/aromatic N) is 3. The topological polar surface area (TPSA) is 50.2 Å². The molecule has 2 rings (SSSR count). The molecule has 5 nitrogen and oxygen atoms in total. The van der Waals surface area contributed by atoms with Crippen molar-refractivity contribution in [3.63, 3.8) is 0 Å². The second-order valence-corrected chi connectivity index (χ2v) is 5.06. The number of halogens is 1. The third kappa shape index (κ3) is 2.52. The molecule has 1 unspecified atom stereocenters. The lowest BCUT2D eigenvalue weighted by atomic mass is 10.2. The molecule has 0 amide bonds. The van der Waals surface area contributed by atoms with Gasteiger partial charge in [0.05, 0.1) is 11.9 Å². The summed E-state index contributed by atoms with van der Waals surface area (Å²) in [6.45, 7) is 7.38. The minimum atomic E-state index is -0.0591. The predicted octanol–water partition coefficient (Wildman–Crippen LogP) is 0.824. The Kier molecular flexibility index (Phi) is 3.83. The van der Waals surface area contributed by atoms with E-state index < -0.39 is 0 Å². The highest BCUT2D eigenvalue weighted by atomic mass is 79.9. The monoisotopic (exact) mass is 300 g/mol. The van der Waals surface area contributed by atoms with Crippen LogP contribution in [-0.2, 0) is 6.54 Å². The average molecular weight is 301 g/mol. The molecule has 1 aromatic rings. The maximum Gasteiger partial charge on any atom is 0.283 e. The molecule has 1 aliphatic heterocycles. The van der Waals surface area contributed by atoms with E-state index in [4.69, 9.17) is 0 Å². The minimum Gasteiger partial charge on any atom is -0.366 e. The lowest BCUT2D eigenvalue weighted by molar-refractivity contribution is 0.482. The van der Waals surface area contributed by atoms with Crippen LogP contribution in [0.4, 0.5) is 5.69 Å². The van der Waals surface area contributed by atoms with Crippen molar-refractivity contribution in [2.75, 3.05) is 24.5 Å². The van der Waals surface area contributed by atoms with Crippen LogP contribution in [0, 0.1) is 0 Å². The van der Waals surface area contributed by atoms with Gasteiger partial charge in [-0.15, -0.1) is 0 Å². The number of rotatable bonds is 2. The van der Waals surface area contributed by atoms with Crippen molar-refractivity contribution < 1.29 is 0 Å². The van der Waals surface area contributed by atoms with Crippen LogP contribution >= 0.6 is 15.9 Å². The first-order valence-electron chi connectivity index (χ1n) is 5.87. The van der Waals surface area contributed by atoms with Gasteiger partial charge >= 0.3 is 0 Å². The number of piperazine rings is 1. The molecular weight excluding hydrogens is 284 g/mol. The summed E-state index contributed by atoms with van der Waals surface area (Å²) >= 11 is 3.39. The van der Waals surface area contributed by atoms with Crippen LogP contribution in [0.2, 0.25) is 0 Å². The first-order chi connectivity index (χ1) is 8.13. The van der Waals surface area contributed by atoms with Gasteiger partial charge in [-0.1, -0.05) is 0 Å². The van der Waals surface area contributed by atoms with E-state index in [1.165, 1.54) is 4.68 Å². The van der Waals surface area contributed by atoms with Crippen molar-refractivity contribution in [2.24, 2.45) is 0 Å². The summed E-state index contributed by atoms with van der Waals surface area (Å²) in [4.78, 5) is 14.2. The van der Waals surface area contributed by atoms with Crippen molar-refractivity contribution in [1.82, 2.24) is 15.1 Å². The number of aryl methyl sites for hydroxylation is 1. The van der Waals surface area contributed by atoms with Crippen LogP contribution in [0.25, 0.3) is 0 Å². The lowest BCUT2D eigenvalue weighted by Gasteiger charge is -2.33. The number of nitrogens with one attached hydrogen (secondary N) is 1. The molecular formula is C11H17BrN4O. The first kappa shape index (κ1) is 12.6. The van der Waals surface area contributed by atoms with Gasteiger partial charge < -0.3 is 10.2 Å². The van der Waals surface area contributed by atoms with Crippen LogP contribution in [0.1, 0.15) is 13.8 Å². The molecule has 94 valence electrons. The van der Waals surface area contributed by atoms with Crippen LogP contribution in [0.5, 0.6) is 0 Å². The van der Waals surface area contributed by atoms with E-state index in [0.717, 1.165) is 25.3 Å². The Balaban J connectivity index is 2.33. The van der Waals surface area contributed by atoms with Gasteiger partial charge in [0.2, 0.25) is 0 Å². The second kappa shape index (κ2) is 5.18. The SMILES string of the molecule is CCn1ncc(N2CCNC(C)C2)c(Br)c1=O. The molecule has 1 N–H and O–H groups in total. The van der Waals surface area contributed by atoms with E-state index in [9.17, 15) is 4.79 Å². The quantitative estimate of drug-likeness (QED) is 0.879. The summed E-state index contributed by atoms with van der Waals surface area (Å²) in [6.07, 6.45) is 1.77. The molecule has 1 fully saturated rings. The molecule has 17 heavy (non-hydrogen) atoms. The van der Waals surface area contributed by atoms with Crippen molar-refractivity contribution in [1.29, 1.82) is 0 Å². The maximum absolute atomic E-state index is 12.0. The van der Waals surface area contributed by atoms with Crippen LogP contribution in [0.3, 0.4) is 0 Å². The number of hydrogen-bond donors (Lipinski definition) is 1. The zero-order chi connectivity index (χ0) is 12.4. The molecule has 0 aliphatic carbocycles. The van der Waals surface area contributed by atoms with E-state index in [1.54, 1.807) is 6.20 Å². The first-order valence-corrected chi connectivity index (χ1v) is 6.66. The van der Waals surface area contributed by atoms with E-state index >= 15 is 0 Å². The fraction of sp³-hybridized carbons (Fsp3) is 0.636. The Morgan fingerprint density at radius 3 is 3.06 bits per heavy atom. The van der Waals surface area contributed by atoms with E-state index in [1.807, 2.05) is 6.92 Å². The third-order valence-corrected chi connectivity index (χ3v) is 3.72. The molecule has 0 spiro atoms. The predicted molar refractivity (Wildman–Crippen MR) is 71.5 cm³/mol. The normalized spacial score (nSPS) is 20.6. The molecule has 0 aromatic carbocycles. The molecule has 0 saturated carbocycles. The smallest absolute Gasteiger partial charge is 0.283 e. The van der Waals surface area contributed by atoms with E-state index in [-0.39, 0.29) is 5.56 Å². The molecule has 1 aromatic heterocycles. The summed E-state index contributed by atoms with van der Waals surface area (Å²) in [5.74, 6) is 0. The largest absolute Gasteiger partial charge is 0.366 e. The molecule has 6 heteroatoms. The number of aromatic nitrogens is 2. The molecule has 1 atom stereocenters. The summed E-state index contributed by atoms with van der Waals surface area (Å²) in [6, 6.07) is 0.434. The molecule has 0 bridgehead atoms. The van der Waals surface area contributed by atoms with Gasteiger partial charge in [0.1, 0.15) is 4.47 Å².